The summed E-state index contributed by atoms with van der Waals surface area (Å²) in [6.45, 7) is 4.67. The van der Waals surface area contributed by atoms with Gasteiger partial charge in [0.1, 0.15) is 0 Å². The van der Waals surface area contributed by atoms with Crippen molar-refractivity contribution in [1.29, 1.82) is 0 Å². The molecular weight excluding hydrogens is 424 g/mol. The van der Waals surface area contributed by atoms with Crippen LogP contribution < -0.4 is 5.32 Å². The van der Waals surface area contributed by atoms with Crippen LogP contribution in [0.4, 0.5) is 11.4 Å². The fraction of sp³-hybridized carbons (Fsp3) is 0.0909. The van der Waals surface area contributed by atoms with Crippen LogP contribution in [0.3, 0.4) is 0 Å². The van der Waals surface area contributed by atoms with E-state index in [4.69, 9.17) is 0 Å². The first-order chi connectivity index (χ1) is 17.1. The summed E-state index contributed by atoms with van der Waals surface area (Å²) in [6, 6.07) is 41.4. The summed E-state index contributed by atoms with van der Waals surface area (Å²) >= 11 is 0. The molecule has 2 heteroatoms. The summed E-state index contributed by atoms with van der Waals surface area (Å²) in [7, 11) is 0. The van der Waals surface area contributed by atoms with Crippen molar-refractivity contribution < 1.29 is 0 Å². The highest BCUT2D eigenvalue weighted by molar-refractivity contribution is 6.09. The van der Waals surface area contributed by atoms with Crippen LogP contribution >= 0.6 is 0 Å². The Labute approximate surface area is 205 Å². The van der Waals surface area contributed by atoms with E-state index in [1.807, 2.05) is 0 Å². The zero-order valence-corrected chi connectivity index (χ0v) is 19.9. The van der Waals surface area contributed by atoms with Gasteiger partial charge in [0.2, 0.25) is 0 Å². The summed E-state index contributed by atoms with van der Waals surface area (Å²) < 4.78 is 2.38. The number of nitrogens with one attached hydrogen (secondary N) is 1. The van der Waals surface area contributed by atoms with Gasteiger partial charge in [0, 0.05) is 21.9 Å². The maximum Gasteiger partial charge on any atom is 0.0697 e. The van der Waals surface area contributed by atoms with Crippen molar-refractivity contribution in [1.82, 2.24) is 4.57 Å². The number of rotatable bonds is 3. The molecule has 0 radical (unpaired) electrons. The molecule has 0 amide bonds. The summed E-state index contributed by atoms with van der Waals surface area (Å²) in [5.74, 6) is 0. The molecule has 2 nitrogen and oxygen atoms in total. The van der Waals surface area contributed by atoms with Gasteiger partial charge < -0.3 is 9.88 Å². The topological polar surface area (TPSA) is 17.0 Å². The predicted octanol–water partition coefficient (Wildman–Crippen LogP) is 8.83. The van der Waals surface area contributed by atoms with E-state index < -0.39 is 0 Å². The van der Waals surface area contributed by atoms with Gasteiger partial charge in [-0.25, -0.2) is 0 Å². The lowest BCUT2D eigenvalue weighted by Crippen LogP contribution is -2.17. The van der Waals surface area contributed by atoms with Gasteiger partial charge in [-0.05, 0) is 52.6 Å². The van der Waals surface area contributed by atoms with E-state index in [-0.39, 0.29) is 5.41 Å². The van der Waals surface area contributed by atoms with Crippen molar-refractivity contribution in [3.8, 4) is 16.8 Å². The first-order valence-electron chi connectivity index (χ1n) is 12.2. The van der Waals surface area contributed by atoms with Gasteiger partial charge in [0.25, 0.3) is 0 Å². The minimum Gasteiger partial charge on any atom is -0.354 e. The molecule has 1 aliphatic rings. The number of aromatic nitrogens is 1. The SMILES string of the molecule is CC1(C)c2ccccc2-c2cccc(Nc3ccccc3-n3c4ccccc4c4ccccc43)c21. The van der Waals surface area contributed by atoms with Gasteiger partial charge in [-0.2, -0.15) is 0 Å². The Hall–Kier alpha value is -4.30. The molecule has 1 heterocycles. The molecule has 0 spiro atoms. The van der Waals surface area contributed by atoms with Crippen molar-refractivity contribution in [3.05, 3.63) is 126 Å². The third-order valence-electron chi connectivity index (χ3n) is 7.57. The maximum absolute atomic E-state index is 3.86. The van der Waals surface area contributed by atoms with Crippen LogP contribution in [0.15, 0.2) is 115 Å². The lowest BCUT2D eigenvalue weighted by Gasteiger charge is -2.25. The van der Waals surface area contributed by atoms with Crippen molar-refractivity contribution in [2.75, 3.05) is 5.32 Å². The van der Waals surface area contributed by atoms with E-state index in [1.165, 1.54) is 44.1 Å². The highest BCUT2D eigenvalue weighted by Gasteiger charge is 2.37. The second kappa shape index (κ2) is 7.35. The van der Waals surface area contributed by atoms with Gasteiger partial charge in [-0.15, -0.1) is 0 Å². The predicted molar refractivity (Wildman–Crippen MR) is 148 cm³/mol. The first-order valence-corrected chi connectivity index (χ1v) is 12.2. The van der Waals surface area contributed by atoms with Crippen LogP contribution in [-0.2, 0) is 5.41 Å². The van der Waals surface area contributed by atoms with E-state index in [9.17, 15) is 0 Å². The molecule has 0 bridgehead atoms. The average molecular weight is 451 g/mol. The molecule has 0 unspecified atom stereocenters. The highest BCUT2D eigenvalue weighted by atomic mass is 15.0. The average Bonchev–Trinajstić information content (AvgIpc) is 3.35. The lowest BCUT2D eigenvalue weighted by atomic mass is 9.81. The smallest absolute Gasteiger partial charge is 0.0697 e. The molecule has 1 aromatic heterocycles. The molecule has 1 N–H and O–H groups in total. The molecule has 35 heavy (non-hydrogen) atoms. The number of hydrogen-bond donors (Lipinski definition) is 1. The molecule has 0 saturated carbocycles. The van der Waals surface area contributed by atoms with E-state index in [1.54, 1.807) is 0 Å². The fourth-order valence-electron chi connectivity index (χ4n) is 6.05. The summed E-state index contributed by atoms with van der Waals surface area (Å²) in [4.78, 5) is 0. The third kappa shape index (κ3) is 2.83. The van der Waals surface area contributed by atoms with Gasteiger partial charge in [-0.1, -0.05) is 98.8 Å². The molecular formula is C33H26N2. The summed E-state index contributed by atoms with van der Waals surface area (Å²) in [5, 5.41) is 6.41. The van der Waals surface area contributed by atoms with E-state index in [2.05, 4.69) is 139 Å². The Kier molecular flexibility index (Phi) is 4.22. The van der Waals surface area contributed by atoms with Gasteiger partial charge in [-0.3, -0.25) is 0 Å². The Morgan fingerprint density at radius 2 is 1.11 bits per heavy atom. The molecule has 6 aromatic rings. The zero-order valence-electron chi connectivity index (χ0n) is 19.9. The Morgan fingerprint density at radius 1 is 0.543 bits per heavy atom. The van der Waals surface area contributed by atoms with Crippen molar-refractivity contribution in [2.45, 2.75) is 19.3 Å². The van der Waals surface area contributed by atoms with E-state index in [0.717, 1.165) is 17.1 Å². The van der Waals surface area contributed by atoms with Crippen LogP contribution in [0.1, 0.15) is 25.0 Å². The lowest BCUT2D eigenvalue weighted by molar-refractivity contribution is 0.662. The third-order valence-corrected chi connectivity index (χ3v) is 7.57. The van der Waals surface area contributed by atoms with Gasteiger partial charge >= 0.3 is 0 Å². The minimum atomic E-state index is -0.0721. The standard InChI is InChI=1S/C33H26N2/c1-33(2)26-16-6-3-12-22(26)25-15-11-18-28(32(25)33)34-27-17-7-10-21-31(27)35-29-19-8-4-13-23(29)24-14-5-9-20-30(24)35/h3-21,34H,1-2H3. The molecule has 0 saturated heterocycles. The largest absolute Gasteiger partial charge is 0.354 e. The fourth-order valence-corrected chi connectivity index (χ4v) is 6.05. The van der Waals surface area contributed by atoms with Gasteiger partial charge in [0.05, 0.1) is 22.4 Å². The quantitative estimate of drug-likeness (QED) is 0.285. The molecule has 7 rings (SSSR count). The van der Waals surface area contributed by atoms with Crippen LogP contribution in [0, 0.1) is 0 Å². The van der Waals surface area contributed by atoms with E-state index in [0.29, 0.717) is 0 Å². The number of para-hydroxylation sites is 4. The first kappa shape index (κ1) is 20.1. The molecule has 1 aliphatic carbocycles. The van der Waals surface area contributed by atoms with Gasteiger partial charge in [0.15, 0.2) is 0 Å². The van der Waals surface area contributed by atoms with Crippen LogP contribution in [-0.4, -0.2) is 4.57 Å². The normalized spacial score (nSPS) is 13.7. The van der Waals surface area contributed by atoms with Crippen LogP contribution in [0.25, 0.3) is 38.6 Å². The molecule has 5 aromatic carbocycles. The Bertz CT molecular complexity index is 1700. The molecule has 0 atom stereocenters. The number of anilines is 2. The number of benzene rings is 5. The number of nitrogens with zero attached hydrogens (tertiary/aromatic N) is 1. The van der Waals surface area contributed by atoms with Crippen LogP contribution in [0.5, 0.6) is 0 Å². The minimum absolute atomic E-state index is 0.0721. The number of fused-ring (bicyclic) bond motifs is 6. The van der Waals surface area contributed by atoms with Crippen molar-refractivity contribution in [3.63, 3.8) is 0 Å². The Balaban J connectivity index is 1.44. The van der Waals surface area contributed by atoms with E-state index >= 15 is 0 Å². The maximum atomic E-state index is 3.86. The highest BCUT2D eigenvalue weighted by Crippen LogP contribution is 2.52. The molecule has 168 valence electrons. The van der Waals surface area contributed by atoms with Crippen molar-refractivity contribution >= 4 is 33.2 Å². The van der Waals surface area contributed by atoms with Crippen molar-refractivity contribution in [2.24, 2.45) is 0 Å². The monoisotopic (exact) mass is 450 g/mol. The second-order valence-electron chi connectivity index (χ2n) is 9.91. The molecule has 0 aliphatic heterocycles. The second-order valence-corrected chi connectivity index (χ2v) is 9.91. The zero-order chi connectivity index (χ0) is 23.6. The summed E-state index contributed by atoms with van der Waals surface area (Å²) in [6.07, 6.45) is 0. The number of hydrogen-bond acceptors (Lipinski definition) is 1. The van der Waals surface area contributed by atoms with Crippen LogP contribution in [0.2, 0.25) is 0 Å². The Morgan fingerprint density at radius 3 is 1.89 bits per heavy atom. The molecule has 0 fully saturated rings. The summed E-state index contributed by atoms with van der Waals surface area (Å²) in [5.41, 5.74) is 11.2.